The van der Waals surface area contributed by atoms with Crippen molar-refractivity contribution in [2.24, 2.45) is 0 Å². The summed E-state index contributed by atoms with van der Waals surface area (Å²) in [6.45, 7) is 1.47. The van der Waals surface area contributed by atoms with E-state index in [1.165, 1.54) is 17.6 Å². The van der Waals surface area contributed by atoms with E-state index in [2.05, 4.69) is 5.32 Å². The van der Waals surface area contributed by atoms with Crippen molar-refractivity contribution in [2.75, 3.05) is 25.0 Å². The fraction of sp³-hybridized carbons (Fsp3) is 0.400. The Bertz CT molecular complexity index is 809. The van der Waals surface area contributed by atoms with Gasteiger partial charge in [0.15, 0.2) is 5.76 Å². The normalized spacial score (nSPS) is 21.3. The van der Waals surface area contributed by atoms with Crippen molar-refractivity contribution in [1.82, 2.24) is 10.2 Å². The first-order valence-electron chi connectivity index (χ1n) is 9.09. The lowest BCUT2D eigenvalue weighted by molar-refractivity contribution is 0.0749. The second kappa shape index (κ2) is 8.15. The number of nitrogens with one attached hydrogen (secondary N) is 1. The maximum absolute atomic E-state index is 13.2. The molecule has 0 saturated carbocycles. The van der Waals surface area contributed by atoms with E-state index < -0.39 is 0 Å². The molecule has 0 aliphatic carbocycles. The number of furan rings is 1. The molecule has 27 heavy (non-hydrogen) atoms. The number of likely N-dealkylation sites (tertiary alicyclic amines) is 1. The van der Waals surface area contributed by atoms with Crippen LogP contribution in [0.4, 0.5) is 5.69 Å². The second-order valence-electron chi connectivity index (χ2n) is 7.04. The van der Waals surface area contributed by atoms with Crippen LogP contribution in [0.1, 0.15) is 40.2 Å². The number of para-hydroxylation sites is 1. The molecule has 6 nitrogen and oxygen atoms in total. The van der Waals surface area contributed by atoms with Gasteiger partial charge in [-0.2, -0.15) is 0 Å². The van der Waals surface area contributed by atoms with Gasteiger partial charge in [0.25, 0.3) is 11.8 Å². The van der Waals surface area contributed by atoms with Gasteiger partial charge in [0, 0.05) is 32.2 Å². The van der Waals surface area contributed by atoms with Crippen molar-refractivity contribution in [3.63, 3.8) is 0 Å². The maximum Gasteiger partial charge on any atom is 0.293 e. The van der Waals surface area contributed by atoms with Crippen molar-refractivity contribution in [3.8, 4) is 0 Å². The zero-order valence-electron chi connectivity index (χ0n) is 15.3. The van der Waals surface area contributed by atoms with Crippen molar-refractivity contribution >= 4 is 29.9 Å². The molecule has 2 aromatic rings. The smallest absolute Gasteiger partial charge is 0.293 e. The highest BCUT2D eigenvalue weighted by molar-refractivity contribution is 6.09. The van der Waals surface area contributed by atoms with E-state index >= 15 is 0 Å². The number of fused-ring (bicyclic) bond motifs is 2. The summed E-state index contributed by atoms with van der Waals surface area (Å²) < 4.78 is 5.21. The third-order valence-corrected chi connectivity index (χ3v) is 5.34. The van der Waals surface area contributed by atoms with Crippen LogP contribution in [-0.4, -0.2) is 48.9 Å². The molecule has 2 aliphatic heterocycles. The molecule has 1 aromatic carbocycles. The van der Waals surface area contributed by atoms with Crippen molar-refractivity contribution in [3.05, 3.63) is 54.0 Å². The molecule has 1 N–H and O–H groups in total. The summed E-state index contributed by atoms with van der Waals surface area (Å²) in [6.07, 6.45) is 4.76. The maximum atomic E-state index is 13.2. The Hall–Kier alpha value is -2.31. The van der Waals surface area contributed by atoms with Gasteiger partial charge in [0.1, 0.15) is 0 Å². The van der Waals surface area contributed by atoms with Crippen molar-refractivity contribution in [2.45, 2.75) is 31.3 Å². The Kier molecular flexibility index (Phi) is 5.87. The predicted molar refractivity (Wildman–Crippen MR) is 106 cm³/mol. The number of anilines is 1. The average Bonchev–Trinajstić information content (AvgIpc) is 3.30. The summed E-state index contributed by atoms with van der Waals surface area (Å²) >= 11 is 0. The number of carbonyl (C=O) groups is 2. The Morgan fingerprint density at radius 3 is 2.67 bits per heavy atom. The molecule has 7 heteroatoms. The SMILES string of the molecule is CN(C(=O)c1ccco1)c1ccccc1C(=O)N1CCC2CCC(C1)N2.Cl. The van der Waals surface area contributed by atoms with E-state index in [1.54, 1.807) is 31.3 Å². The molecule has 3 heterocycles. The van der Waals surface area contributed by atoms with E-state index in [9.17, 15) is 9.59 Å². The molecule has 4 rings (SSSR count). The first-order valence-corrected chi connectivity index (χ1v) is 9.09. The molecule has 0 radical (unpaired) electrons. The lowest BCUT2D eigenvalue weighted by atomic mass is 10.1. The molecule has 2 bridgehead atoms. The summed E-state index contributed by atoms with van der Waals surface area (Å²) in [7, 11) is 1.67. The van der Waals surface area contributed by atoms with Crippen LogP contribution in [0.15, 0.2) is 47.1 Å². The lowest BCUT2D eigenvalue weighted by Crippen LogP contribution is -2.40. The molecule has 144 valence electrons. The molecule has 0 spiro atoms. The number of hydrogen-bond acceptors (Lipinski definition) is 4. The number of rotatable bonds is 3. The topological polar surface area (TPSA) is 65.8 Å². The molecule has 2 unspecified atom stereocenters. The molecular formula is C20H24ClN3O3. The second-order valence-corrected chi connectivity index (χ2v) is 7.04. The molecule has 2 amide bonds. The van der Waals surface area contributed by atoms with Gasteiger partial charge in [-0.15, -0.1) is 12.4 Å². The van der Waals surface area contributed by atoms with E-state index in [1.807, 2.05) is 17.0 Å². The molecule has 2 atom stereocenters. The zero-order valence-corrected chi connectivity index (χ0v) is 16.1. The summed E-state index contributed by atoms with van der Waals surface area (Å²) in [5.74, 6) is -0.0353. The lowest BCUT2D eigenvalue weighted by Gasteiger charge is -2.27. The van der Waals surface area contributed by atoms with E-state index in [0.717, 1.165) is 25.9 Å². The van der Waals surface area contributed by atoms with Gasteiger partial charge in [0.2, 0.25) is 0 Å². The Labute approximate surface area is 164 Å². The number of halogens is 1. The fourth-order valence-electron chi connectivity index (χ4n) is 3.92. The molecule has 2 aliphatic rings. The van der Waals surface area contributed by atoms with Gasteiger partial charge < -0.3 is 19.5 Å². The van der Waals surface area contributed by atoms with E-state index in [-0.39, 0.29) is 30.0 Å². The molecule has 1 aromatic heterocycles. The molecule has 2 saturated heterocycles. The Morgan fingerprint density at radius 2 is 1.89 bits per heavy atom. The third-order valence-electron chi connectivity index (χ3n) is 5.34. The van der Waals surface area contributed by atoms with Crippen molar-refractivity contribution in [1.29, 1.82) is 0 Å². The van der Waals surface area contributed by atoms with Gasteiger partial charge >= 0.3 is 0 Å². The Balaban J connectivity index is 0.00000210. The summed E-state index contributed by atoms with van der Waals surface area (Å²) in [5, 5.41) is 3.59. The standard InChI is InChI=1S/C20H23N3O3.ClH/c1-22(20(25)18-7-4-12-26-18)17-6-3-2-5-16(17)19(24)23-11-10-14-8-9-15(13-23)21-14;/h2-7,12,14-15,21H,8-11,13H2,1H3;1H. The zero-order chi connectivity index (χ0) is 18.1. The fourth-order valence-corrected chi connectivity index (χ4v) is 3.92. The number of nitrogens with zero attached hydrogens (tertiary/aromatic N) is 2. The van der Waals surface area contributed by atoms with Crippen LogP contribution >= 0.6 is 12.4 Å². The van der Waals surface area contributed by atoms with Gasteiger partial charge in [0.05, 0.1) is 17.5 Å². The summed E-state index contributed by atoms with van der Waals surface area (Å²) in [5.41, 5.74) is 1.15. The monoisotopic (exact) mass is 389 g/mol. The van der Waals surface area contributed by atoms with Crippen LogP contribution in [0.2, 0.25) is 0 Å². The summed E-state index contributed by atoms with van der Waals surface area (Å²) in [4.78, 5) is 29.2. The predicted octanol–water partition coefficient (Wildman–Crippen LogP) is 2.94. The Morgan fingerprint density at radius 1 is 1.11 bits per heavy atom. The minimum atomic E-state index is -0.271. The van der Waals surface area contributed by atoms with Gasteiger partial charge in [-0.3, -0.25) is 9.59 Å². The highest BCUT2D eigenvalue weighted by Crippen LogP contribution is 2.26. The van der Waals surface area contributed by atoms with Gasteiger partial charge in [-0.1, -0.05) is 12.1 Å². The van der Waals surface area contributed by atoms with Crippen LogP contribution in [0.25, 0.3) is 0 Å². The first kappa shape index (κ1) is 19.5. The van der Waals surface area contributed by atoms with Crippen LogP contribution in [0, 0.1) is 0 Å². The molecular weight excluding hydrogens is 366 g/mol. The van der Waals surface area contributed by atoms with Gasteiger partial charge in [-0.05, 0) is 43.5 Å². The van der Waals surface area contributed by atoms with Crippen LogP contribution in [0.5, 0.6) is 0 Å². The number of benzene rings is 1. The molecule has 2 fully saturated rings. The van der Waals surface area contributed by atoms with E-state index in [4.69, 9.17) is 4.42 Å². The average molecular weight is 390 g/mol. The highest BCUT2D eigenvalue weighted by Gasteiger charge is 2.32. The number of hydrogen-bond donors (Lipinski definition) is 1. The van der Waals surface area contributed by atoms with E-state index in [0.29, 0.717) is 23.3 Å². The third kappa shape index (κ3) is 3.87. The quantitative estimate of drug-likeness (QED) is 0.876. The minimum absolute atomic E-state index is 0. The van der Waals surface area contributed by atoms with Crippen LogP contribution in [0.3, 0.4) is 0 Å². The largest absolute Gasteiger partial charge is 0.459 e. The van der Waals surface area contributed by atoms with Crippen molar-refractivity contribution < 1.29 is 14.0 Å². The van der Waals surface area contributed by atoms with Crippen LogP contribution < -0.4 is 10.2 Å². The number of carbonyl (C=O) groups excluding carboxylic acids is 2. The van der Waals surface area contributed by atoms with Gasteiger partial charge in [-0.25, -0.2) is 0 Å². The number of amides is 2. The first-order chi connectivity index (χ1) is 12.6. The summed E-state index contributed by atoms with van der Waals surface area (Å²) in [6, 6.07) is 11.5. The highest BCUT2D eigenvalue weighted by atomic mass is 35.5. The van der Waals surface area contributed by atoms with Crippen LogP contribution in [-0.2, 0) is 0 Å². The minimum Gasteiger partial charge on any atom is -0.459 e.